The van der Waals surface area contributed by atoms with E-state index in [0.717, 1.165) is 16.9 Å². The predicted molar refractivity (Wildman–Crippen MR) is 65.4 cm³/mol. The lowest BCUT2D eigenvalue weighted by Gasteiger charge is -2.14. The van der Waals surface area contributed by atoms with Crippen LogP contribution in [0.1, 0.15) is 17.2 Å². The summed E-state index contributed by atoms with van der Waals surface area (Å²) >= 11 is 0. The fraction of sp³-hybridized carbons (Fsp3) is 0.538. The van der Waals surface area contributed by atoms with Crippen LogP contribution >= 0.6 is 0 Å². The third kappa shape index (κ3) is 4.34. The van der Waals surface area contributed by atoms with Gasteiger partial charge in [0.1, 0.15) is 11.9 Å². The summed E-state index contributed by atoms with van der Waals surface area (Å²) in [6.07, 6.45) is -0.613. The van der Waals surface area contributed by atoms with Gasteiger partial charge in [-0.2, -0.15) is 0 Å². The third-order valence-corrected chi connectivity index (χ3v) is 2.54. The molecule has 4 heteroatoms. The Balaban J connectivity index is 2.53. The molecule has 0 amide bonds. The summed E-state index contributed by atoms with van der Waals surface area (Å²) in [6.45, 7) is 3.24. The second-order valence-corrected chi connectivity index (χ2v) is 3.81. The Labute approximate surface area is 102 Å². The summed E-state index contributed by atoms with van der Waals surface area (Å²) in [5.41, 5.74) is 1.86. The molecule has 1 aromatic rings. The first-order valence-electron chi connectivity index (χ1n) is 5.58. The van der Waals surface area contributed by atoms with Gasteiger partial charge >= 0.3 is 0 Å². The van der Waals surface area contributed by atoms with Crippen LogP contribution in [0.25, 0.3) is 0 Å². The first kappa shape index (κ1) is 14.0. The molecule has 1 atom stereocenters. The lowest BCUT2D eigenvalue weighted by molar-refractivity contribution is 0.0124. The van der Waals surface area contributed by atoms with Crippen molar-refractivity contribution in [1.82, 2.24) is 0 Å². The average Bonchev–Trinajstić information content (AvgIpc) is 2.34. The quantitative estimate of drug-likeness (QED) is 0.737. The van der Waals surface area contributed by atoms with Crippen molar-refractivity contribution in [2.75, 3.05) is 34.0 Å². The highest BCUT2D eigenvalue weighted by Gasteiger charge is 2.11. The average molecular weight is 240 g/mol. The van der Waals surface area contributed by atoms with E-state index in [0.29, 0.717) is 13.2 Å². The molecule has 0 radical (unpaired) electrons. The second-order valence-electron chi connectivity index (χ2n) is 3.81. The zero-order valence-electron chi connectivity index (χ0n) is 10.6. The number of methoxy groups -OCH3 is 2. The number of ether oxygens (including phenoxy) is 3. The van der Waals surface area contributed by atoms with E-state index in [2.05, 4.69) is 0 Å². The molecule has 0 bridgehead atoms. The molecular formula is C13H20O4. The number of aliphatic hydroxyl groups is 1. The van der Waals surface area contributed by atoms with Gasteiger partial charge < -0.3 is 19.3 Å². The van der Waals surface area contributed by atoms with Gasteiger partial charge in [-0.25, -0.2) is 0 Å². The predicted octanol–water partition coefficient (Wildman–Crippen LogP) is 1.70. The summed E-state index contributed by atoms with van der Waals surface area (Å²) in [4.78, 5) is 0. The van der Waals surface area contributed by atoms with Crippen LogP contribution in [0.2, 0.25) is 0 Å². The number of hydrogen-bond acceptors (Lipinski definition) is 4. The molecule has 1 aromatic carbocycles. The molecule has 1 unspecified atom stereocenters. The van der Waals surface area contributed by atoms with E-state index in [4.69, 9.17) is 14.2 Å². The van der Waals surface area contributed by atoms with Crippen molar-refractivity contribution in [3.05, 3.63) is 29.3 Å². The Bertz CT molecular complexity index is 338. The summed E-state index contributed by atoms with van der Waals surface area (Å²) in [6, 6.07) is 5.59. The van der Waals surface area contributed by atoms with Gasteiger partial charge in [0.2, 0.25) is 0 Å². The Hall–Kier alpha value is -1.10. The second kappa shape index (κ2) is 7.27. The molecule has 0 aliphatic carbocycles. The van der Waals surface area contributed by atoms with Crippen LogP contribution < -0.4 is 4.74 Å². The summed E-state index contributed by atoms with van der Waals surface area (Å²) in [5, 5.41) is 9.96. The fourth-order valence-corrected chi connectivity index (χ4v) is 1.58. The third-order valence-electron chi connectivity index (χ3n) is 2.54. The van der Waals surface area contributed by atoms with Crippen LogP contribution in [-0.4, -0.2) is 39.1 Å². The maximum atomic E-state index is 9.96. The van der Waals surface area contributed by atoms with Crippen molar-refractivity contribution in [3.8, 4) is 5.75 Å². The molecule has 96 valence electrons. The molecule has 0 saturated heterocycles. The number of hydrogen-bond donors (Lipinski definition) is 1. The van der Waals surface area contributed by atoms with E-state index in [9.17, 15) is 5.11 Å². The van der Waals surface area contributed by atoms with Crippen LogP contribution in [0.3, 0.4) is 0 Å². The standard InChI is InChI=1S/C13H20O4/c1-10-8-11(16-3)4-5-12(10)13(14)9-17-7-6-15-2/h4-5,8,13-14H,6-7,9H2,1-3H3. The molecule has 0 saturated carbocycles. The van der Waals surface area contributed by atoms with Crippen LogP contribution in [0, 0.1) is 6.92 Å². The van der Waals surface area contributed by atoms with Gasteiger partial charge in [-0.3, -0.25) is 0 Å². The van der Waals surface area contributed by atoms with Crippen LogP contribution in [0.15, 0.2) is 18.2 Å². The zero-order valence-corrected chi connectivity index (χ0v) is 10.6. The van der Waals surface area contributed by atoms with Crippen molar-refractivity contribution < 1.29 is 19.3 Å². The van der Waals surface area contributed by atoms with Gasteiger partial charge in [-0.15, -0.1) is 0 Å². The highest BCUT2D eigenvalue weighted by molar-refractivity contribution is 5.36. The minimum absolute atomic E-state index is 0.274. The van der Waals surface area contributed by atoms with Crippen molar-refractivity contribution in [2.24, 2.45) is 0 Å². The molecule has 0 fully saturated rings. The molecule has 0 aliphatic rings. The van der Waals surface area contributed by atoms with Crippen LogP contribution in [0.4, 0.5) is 0 Å². The van der Waals surface area contributed by atoms with E-state index < -0.39 is 6.10 Å². The minimum Gasteiger partial charge on any atom is -0.497 e. The topological polar surface area (TPSA) is 47.9 Å². The Morgan fingerprint density at radius 2 is 2.00 bits per heavy atom. The normalized spacial score (nSPS) is 12.5. The summed E-state index contributed by atoms with van der Waals surface area (Å²) < 4.78 is 15.3. The smallest absolute Gasteiger partial charge is 0.119 e. The molecule has 1 N–H and O–H groups in total. The first-order valence-corrected chi connectivity index (χ1v) is 5.58. The Morgan fingerprint density at radius 1 is 1.24 bits per heavy atom. The number of aliphatic hydroxyl groups excluding tert-OH is 1. The monoisotopic (exact) mass is 240 g/mol. The van der Waals surface area contributed by atoms with Crippen molar-refractivity contribution in [2.45, 2.75) is 13.0 Å². The van der Waals surface area contributed by atoms with E-state index in [1.165, 1.54) is 0 Å². The maximum absolute atomic E-state index is 9.96. The fourth-order valence-electron chi connectivity index (χ4n) is 1.58. The van der Waals surface area contributed by atoms with E-state index in [-0.39, 0.29) is 6.61 Å². The van der Waals surface area contributed by atoms with Crippen LogP contribution in [-0.2, 0) is 9.47 Å². The maximum Gasteiger partial charge on any atom is 0.119 e. The van der Waals surface area contributed by atoms with E-state index in [1.54, 1.807) is 14.2 Å². The number of benzene rings is 1. The lowest BCUT2D eigenvalue weighted by Crippen LogP contribution is -2.11. The summed E-state index contributed by atoms with van der Waals surface area (Å²) in [5.74, 6) is 0.791. The first-order chi connectivity index (χ1) is 8.19. The SMILES string of the molecule is COCCOCC(O)c1ccc(OC)cc1C. The van der Waals surface area contributed by atoms with Crippen molar-refractivity contribution >= 4 is 0 Å². The highest BCUT2D eigenvalue weighted by Crippen LogP contribution is 2.22. The van der Waals surface area contributed by atoms with Gasteiger partial charge in [0, 0.05) is 7.11 Å². The largest absolute Gasteiger partial charge is 0.497 e. The van der Waals surface area contributed by atoms with Crippen molar-refractivity contribution in [1.29, 1.82) is 0 Å². The molecule has 1 rings (SSSR count). The minimum atomic E-state index is -0.613. The van der Waals surface area contributed by atoms with Crippen molar-refractivity contribution in [3.63, 3.8) is 0 Å². The van der Waals surface area contributed by atoms with Gasteiger partial charge in [0.05, 0.1) is 26.9 Å². The molecular weight excluding hydrogens is 220 g/mol. The van der Waals surface area contributed by atoms with Gasteiger partial charge in [0.25, 0.3) is 0 Å². The van der Waals surface area contributed by atoms with Gasteiger partial charge in [-0.1, -0.05) is 6.07 Å². The van der Waals surface area contributed by atoms with Crippen LogP contribution in [0.5, 0.6) is 5.75 Å². The summed E-state index contributed by atoms with van der Waals surface area (Å²) in [7, 11) is 3.24. The Morgan fingerprint density at radius 3 is 2.59 bits per heavy atom. The van der Waals surface area contributed by atoms with Gasteiger partial charge in [-0.05, 0) is 30.2 Å². The molecule has 4 nitrogen and oxygen atoms in total. The molecule has 0 heterocycles. The van der Waals surface area contributed by atoms with E-state index in [1.807, 2.05) is 25.1 Å². The Kier molecular flexibility index (Phi) is 5.97. The molecule has 17 heavy (non-hydrogen) atoms. The number of aryl methyl sites for hydroxylation is 1. The van der Waals surface area contributed by atoms with E-state index >= 15 is 0 Å². The highest BCUT2D eigenvalue weighted by atomic mass is 16.5. The van der Waals surface area contributed by atoms with Gasteiger partial charge in [0.15, 0.2) is 0 Å². The number of rotatable bonds is 7. The molecule has 0 aliphatic heterocycles. The lowest BCUT2D eigenvalue weighted by atomic mass is 10.0. The molecule has 0 aromatic heterocycles. The molecule has 0 spiro atoms. The zero-order chi connectivity index (χ0) is 12.7.